The fourth-order valence-corrected chi connectivity index (χ4v) is 3.76. The van der Waals surface area contributed by atoms with Crippen molar-refractivity contribution in [2.75, 3.05) is 36.5 Å². The summed E-state index contributed by atoms with van der Waals surface area (Å²) in [7, 11) is 1.38. The molecule has 2 aromatic rings. The molecule has 0 N–H and O–H groups in total. The van der Waals surface area contributed by atoms with Gasteiger partial charge in [-0.1, -0.05) is 6.07 Å². The Morgan fingerprint density at radius 1 is 1.23 bits per heavy atom. The summed E-state index contributed by atoms with van der Waals surface area (Å²) in [6, 6.07) is 8.62. The van der Waals surface area contributed by atoms with Crippen molar-refractivity contribution in [3.8, 4) is 5.75 Å². The summed E-state index contributed by atoms with van der Waals surface area (Å²) in [5.74, 6) is -0.224. The Morgan fingerprint density at radius 2 is 1.93 bits per heavy atom. The second kappa shape index (κ2) is 7.07. The first-order valence-electron chi connectivity index (χ1n) is 9.54. The highest BCUT2D eigenvalue weighted by Gasteiger charge is 2.38. The van der Waals surface area contributed by atoms with Gasteiger partial charge in [0.25, 0.3) is 0 Å². The Morgan fingerprint density at radius 3 is 2.60 bits per heavy atom. The number of ether oxygens (including phenoxy) is 2. The number of anilines is 3. The van der Waals surface area contributed by atoms with Gasteiger partial charge >= 0.3 is 12.1 Å². The van der Waals surface area contributed by atoms with Crippen molar-refractivity contribution in [2.45, 2.75) is 25.6 Å². The quantitative estimate of drug-likeness (QED) is 0.698. The lowest BCUT2D eigenvalue weighted by Gasteiger charge is -2.42. The topological polar surface area (TPSA) is 54.9 Å². The van der Waals surface area contributed by atoms with Crippen LogP contribution in [0.25, 0.3) is 0 Å². The van der Waals surface area contributed by atoms with Crippen LogP contribution in [0.4, 0.5) is 30.2 Å². The molecule has 4 rings (SSSR count). The molecule has 0 unspecified atom stereocenters. The first-order valence-corrected chi connectivity index (χ1v) is 9.54. The van der Waals surface area contributed by atoms with Gasteiger partial charge in [-0.15, -0.1) is 0 Å². The summed E-state index contributed by atoms with van der Waals surface area (Å²) in [6.07, 6.45) is -3.34. The highest BCUT2D eigenvalue weighted by atomic mass is 19.4. The zero-order valence-electron chi connectivity index (χ0n) is 16.9. The van der Waals surface area contributed by atoms with Crippen molar-refractivity contribution in [3.05, 3.63) is 42.2 Å². The van der Waals surface area contributed by atoms with Crippen molar-refractivity contribution in [2.24, 2.45) is 5.92 Å². The van der Waals surface area contributed by atoms with Crippen LogP contribution in [-0.2, 0) is 15.7 Å². The molecule has 1 aromatic heterocycles. The molecule has 1 aromatic carbocycles. The number of hydrogen-bond donors (Lipinski definition) is 0. The molecule has 2 aliphatic heterocycles. The third kappa shape index (κ3) is 3.76. The van der Waals surface area contributed by atoms with Gasteiger partial charge in [0, 0.05) is 30.5 Å². The molecule has 0 bridgehead atoms. The Hall–Kier alpha value is -2.97. The second-order valence-corrected chi connectivity index (χ2v) is 8.13. The molecule has 1 fully saturated rings. The highest BCUT2D eigenvalue weighted by molar-refractivity contribution is 5.78. The second-order valence-electron chi connectivity index (χ2n) is 8.13. The van der Waals surface area contributed by atoms with Crippen LogP contribution in [0.5, 0.6) is 5.75 Å². The van der Waals surface area contributed by atoms with Gasteiger partial charge in [0.15, 0.2) is 0 Å². The molecule has 0 saturated carbocycles. The van der Waals surface area contributed by atoms with Gasteiger partial charge in [0.1, 0.15) is 22.7 Å². The average Bonchev–Trinajstić information content (AvgIpc) is 2.64. The molecule has 1 saturated heterocycles. The van der Waals surface area contributed by atoms with E-state index >= 15 is 0 Å². The predicted octanol–water partition coefficient (Wildman–Crippen LogP) is 4.02. The minimum absolute atomic E-state index is 0.147. The normalized spacial score (nSPS) is 18.3. The zero-order valence-corrected chi connectivity index (χ0v) is 16.9. The number of carbonyl (C=O) groups is 1. The van der Waals surface area contributed by atoms with Gasteiger partial charge in [-0.2, -0.15) is 13.2 Å². The number of carbonyl (C=O) groups excluding carboxylic acids is 1. The van der Waals surface area contributed by atoms with Crippen LogP contribution in [0.15, 0.2) is 36.5 Å². The number of alkyl halides is 3. The minimum atomic E-state index is -4.54. The lowest BCUT2D eigenvalue weighted by Crippen LogP contribution is -2.51. The molecular weight excluding hydrogens is 399 g/mol. The van der Waals surface area contributed by atoms with E-state index in [4.69, 9.17) is 9.47 Å². The fraction of sp³-hybridized carbons (Fsp3) is 0.429. The van der Waals surface area contributed by atoms with E-state index in [1.54, 1.807) is 0 Å². The van der Waals surface area contributed by atoms with E-state index in [0.29, 0.717) is 25.3 Å². The smallest absolute Gasteiger partial charge is 0.433 e. The van der Waals surface area contributed by atoms with E-state index in [9.17, 15) is 18.0 Å². The number of hydrogen-bond acceptors (Lipinski definition) is 6. The average molecular weight is 421 g/mol. The fourth-order valence-electron chi connectivity index (χ4n) is 3.76. The van der Waals surface area contributed by atoms with Crippen molar-refractivity contribution in [1.82, 2.24) is 4.98 Å². The lowest BCUT2D eigenvalue weighted by atomic mass is 9.99. The lowest BCUT2D eigenvalue weighted by molar-refractivity contribution is -0.146. The summed E-state index contributed by atoms with van der Waals surface area (Å²) < 4.78 is 49.9. The van der Waals surface area contributed by atoms with E-state index in [1.165, 1.54) is 13.3 Å². The third-order valence-corrected chi connectivity index (χ3v) is 5.28. The Balaban J connectivity index is 1.64. The first kappa shape index (κ1) is 20.3. The third-order valence-electron chi connectivity index (χ3n) is 5.28. The minimum Gasteiger partial charge on any atom is -0.484 e. The van der Waals surface area contributed by atoms with Crippen LogP contribution < -0.4 is 14.5 Å². The summed E-state index contributed by atoms with van der Waals surface area (Å²) in [6.45, 7) is 5.24. The molecule has 0 aliphatic carbocycles. The molecule has 160 valence electrons. The number of fused-ring (bicyclic) bond motifs is 1. The maximum Gasteiger partial charge on any atom is 0.433 e. The van der Waals surface area contributed by atoms with E-state index < -0.39 is 17.5 Å². The van der Waals surface area contributed by atoms with Crippen LogP contribution in [0.2, 0.25) is 0 Å². The number of halogens is 3. The van der Waals surface area contributed by atoms with Gasteiger partial charge in [0.05, 0.1) is 25.8 Å². The maximum absolute atomic E-state index is 13.1. The van der Waals surface area contributed by atoms with Gasteiger partial charge in [0.2, 0.25) is 0 Å². The zero-order chi connectivity index (χ0) is 21.7. The van der Waals surface area contributed by atoms with Crippen LogP contribution in [0, 0.1) is 5.92 Å². The standard InChI is InChI=1S/C21H22F3N3O3/c1-20(2)12-27(16-9-25-18(21(22,23)24)8-17(16)30-20)15-6-4-5-14(7-15)26-10-13(11-26)19(28)29-3/h4-9,13H,10-12H2,1-3H3. The number of esters is 1. The van der Waals surface area contributed by atoms with E-state index in [1.807, 2.05) is 43.0 Å². The molecule has 3 heterocycles. The van der Waals surface area contributed by atoms with Gasteiger partial charge < -0.3 is 19.3 Å². The SMILES string of the molecule is COC(=O)C1CN(c2cccc(N3CC(C)(C)Oc4cc(C(F)(F)F)ncc43)c2)C1. The molecule has 9 heteroatoms. The Bertz CT molecular complexity index is 971. The van der Waals surface area contributed by atoms with Gasteiger partial charge in [-0.3, -0.25) is 4.79 Å². The summed E-state index contributed by atoms with van der Waals surface area (Å²) in [5, 5.41) is 0. The Kier molecular flexibility index (Phi) is 4.79. The van der Waals surface area contributed by atoms with Crippen LogP contribution in [0.1, 0.15) is 19.5 Å². The molecule has 0 atom stereocenters. The van der Waals surface area contributed by atoms with Crippen molar-refractivity contribution in [1.29, 1.82) is 0 Å². The summed E-state index contributed by atoms with van der Waals surface area (Å²) in [5.41, 5.74) is 0.545. The number of benzene rings is 1. The van der Waals surface area contributed by atoms with E-state index in [0.717, 1.165) is 17.4 Å². The number of nitrogens with zero attached hydrogens (tertiary/aromatic N) is 3. The van der Waals surface area contributed by atoms with Crippen molar-refractivity contribution in [3.63, 3.8) is 0 Å². The van der Waals surface area contributed by atoms with Gasteiger partial charge in [-0.05, 0) is 32.0 Å². The van der Waals surface area contributed by atoms with Crippen LogP contribution in [0.3, 0.4) is 0 Å². The van der Waals surface area contributed by atoms with Crippen molar-refractivity contribution < 1.29 is 27.4 Å². The predicted molar refractivity (Wildman–Crippen MR) is 105 cm³/mol. The number of rotatable bonds is 3. The molecule has 2 aliphatic rings. The molecule has 0 amide bonds. The number of methoxy groups -OCH3 is 1. The maximum atomic E-state index is 13.1. The molecule has 30 heavy (non-hydrogen) atoms. The molecular formula is C21H22F3N3O3. The van der Waals surface area contributed by atoms with Gasteiger partial charge in [-0.25, -0.2) is 4.98 Å². The molecule has 0 radical (unpaired) electrons. The number of pyridine rings is 1. The van der Waals surface area contributed by atoms with E-state index in [-0.39, 0.29) is 17.6 Å². The molecule has 6 nitrogen and oxygen atoms in total. The van der Waals surface area contributed by atoms with Crippen LogP contribution >= 0.6 is 0 Å². The van der Waals surface area contributed by atoms with Crippen LogP contribution in [-0.4, -0.2) is 43.3 Å². The van der Waals surface area contributed by atoms with Crippen molar-refractivity contribution >= 4 is 23.0 Å². The monoisotopic (exact) mass is 421 g/mol. The number of aromatic nitrogens is 1. The summed E-state index contributed by atoms with van der Waals surface area (Å²) >= 11 is 0. The highest BCUT2D eigenvalue weighted by Crippen LogP contribution is 2.43. The van der Waals surface area contributed by atoms with E-state index in [2.05, 4.69) is 9.88 Å². The summed E-state index contributed by atoms with van der Waals surface area (Å²) in [4.78, 5) is 19.2. The largest absolute Gasteiger partial charge is 0.484 e. The molecule has 0 spiro atoms. The Labute approximate surface area is 172 Å². The first-order chi connectivity index (χ1) is 14.1.